The Morgan fingerprint density at radius 2 is 1.67 bits per heavy atom. The summed E-state index contributed by atoms with van der Waals surface area (Å²) in [5, 5.41) is 3.21. The molecule has 1 saturated carbocycles. The summed E-state index contributed by atoms with van der Waals surface area (Å²) in [6.07, 6.45) is 3.86. The summed E-state index contributed by atoms with van der Waals surface area (Å²) in [5.41, 5.74) is -4.98. The molecule has 0 radical (unpaired) electrons. The maximum Gasteiger partial charge on any atom is 0.501 e. The lowest BCUT2D eigenvalue weighted by Crippen LogP contribution is -2.37. The number of anilines is 1. The quantitative estimate of drug-likeness (QED) is 0.844. The first kappa shape index (κ1) is 16.4. The number of halogens is 4. The monoisotopic (exact) mass is 341 g/mol. The van der Waals surface area contributed by atoms with E-state index >= 15 is 0 Å². The normalized spacial score (nSPS) is 18.7. The predicted molar refractivity (Wildman–Crippen MR) is 75.2 cm³/mol. The van der Waals surface area contributed by atoms with Gasteiger partial charge in [0.1, 0.15) is 0 Å². The molecule has 0 heterocycles. The van der Waals surface area contributed by atoms with Gasteiger partial charge in [-0.2, -0.15) is 13.2 Å². The van der Waals surface area contributed by atoms with Gasteiger partial charge in [-0.1, -0.05) is 12.8 Å². The van der Waals surface area contributed by atoms with Crippen LogP contribution in [0.3, 0.4) is 0 Å². The zero-order valence-corrected chi connectivity index (χ0v) is 12.7. The predicted octanol–water partition coefficient (Wildman–Crippen LogP) is 3.94. The van der Waals surface area contributed by atoms with Crippen molar-refractivity contribution in [3.63, 3.8) is 0 Å². The molecule has 2 rings (SSSR count). The van der Waals surface area contributed by atoms with Crippen molar-refractivity contribution in [1.82, 2.24) is 0 Å². The van der Waals surface area contributed by atoms with Crippen LogP contribution >= 0.6 is 11.6 Å². The van der Waals surface area contributed by atoms with Crippen molar-refractivity contribution in [2.24, 2.45) is 0 Å². The van der Waals surface area contributed by atoms with Crippen LogP contribution < -0.4 is 5.32 Å². The molecule has 0 unspecified atom stereocenters. The van der Waals surface area contributed by atoms with E-state index in [-0.39, 0.29) is 5.54 Å². The Kier molecular flexibility index (Phi) is 4.44. The molecule has 1 aromatic rings. The van der Waals surface area contributed by atoms with Crippen molar-refractivity contribution in [3.8, 4) is 0 Å². The van der Waals surface area contributed by atoms with Gasteiger partial charge in [-0.3, -0.25) is 0 Å². The highest BCUT2D eigenvalue weighted by atomic mass is 35.5. The zero-order chi connectivity index (χ0) is 15.7. The maximum absolute atomic E-state index is 12.4. The van der Waals surface area contributed by atoms with Crippen LogP contribution in [0.25, 0.3) is 0 Å². The summed E-state index contributed by atoms with van der Waals surface area (Å²) >= 11 is 5.97. The Morgan fingerprint density at radius 1 is 1.14 bits per heavy atom. The number of hydrogen-bond donors (Lipinski definition) is 1. The van der Waals surface area contributed by atoms with E-state index in [1.165, 1.54) is 12.1 Å². The van der Waals surface area contributed by atoms with E-state index in [1.54, 1.807) is 0 Å². The number of sulfone groups is 1. The van der Waals surface area contributed by atoms with Gasteiger partial charge in [0.2, 0.25) is 0 Å². The molecule has 0 atom stereocenters. The first-order chi connectivity index (χ1) is 9.70. The van der Waals surface area contributed by atoms with Crippen molar-refractivity contribution in [1.29, 1.82) is 0 Å². The summed E-state index contributed by atoms with van der Waals surface area (Å²) in [6.45, 7) is 0. The molecule has 0 saturated heterocycles. The molecule has 0 spiro atoms. The highest BCUT2D eigenvalue weighted by molar-refractivity contribution is 7.92. The summed E-state index contributed by atoms with van der Waals surface area (Å²) in [5.74, 6) is 0.398. The summed E-state index contributed by atoms with van der Waals surface area (Å²) in [6, 6.07) is 4.60. The molecule has 1 aromatic carbocycles. The molecular weight excluding hydrogens is 327 g/mol. The van der Waals surface area contributed by atoms with Crippen LogP contribution in [-0.2, 0) is 9.84 Å². The van der Waals surface area contributed by atoms with E-state index < -0.39 is 20.2 Å². The fraction of sp³-hybridized carbons (Fsp3) is 0.538. The third-order valence-corrected chi connectivity index (χ3v) is 5.71. The molecular formula is C13H15ClF3NO2S. The lowest BCUT2D eigenvalue weighted by molar-refractivity contribution is -0.0436. The average Bonchev–Trinajstić information content (AvgIpc) is 2.87. The fourth-order valence-corrected chi connectivity index (χ4v) is 3.60. The van der Waals surface area contributed by atoms with Gasteiger partial charge in [-0.05, 0) is 37.1 Å². The van der Waals surface area contributed by atoms with Gasteiger partial charge in [0.05, 0.1) is 10.4 Å². The average molecular weight is 342 g/mol. The molecule has 0 amide bonds. The Morgan fingerprint density at radius 3 is 2.10 bits per heavy atom. The SMILES string of the molecule is O=S(=O)(c1ccc(NC2(CCl)CCCC2)cc1)C(F)(F)F. The highest BCUT2D eigenvalue weighted by Crippen LogP contribution is 2.35. The maximum atomic E-state index is 12.4. The molecule has 0 bridgehead atoms. The van der Waals surface area contributed by atoms with Gasteiger partial charge in [0.25, 0.3) is 9.84 Å². The topological polar surface area (TPSA) is 46.2 Å². The minimum atomic E-state index is -5.30. The van der Waals surface area contributed by atoms with Crippen molar-refractivity contribution in [3.05, 3.63) is 24.3 Å². The second-order valence-corrected chi connectivity index (χ2v) is 7.43. The third-order valence-electron chi connectivity index (χ3n) is 3.70. The molecule has 1 aliphatic carbocycles. The Bertz CT molecular complexity index is 593. The largest absolute Gasteiger partial charge is 0.501 e. The van der Waals surface area contributed by atoms with Gasteiger partial charge in [0, 0.05) is 11.6 Å². The van der Waals surface area contributed by atoms with E-state index in [1.807, 2.05) is 0 Å². The number of benzene rings is 1. The zero-order valence-electron chi connectivity index (χ0n) is 11.1. The van der Waals surface area contributed by atoms with Crippen LogP contribution in [0.5, 0.6) is 0 Å². The first-order valence-electron chi connectivity index (χ1n) is 6.46. The van der Waals surface area contributed by atoms with Crippen LogP contribution in [0.15, 0.2) is 29.2 Å². The van der Waals surface area contributed by atoms with E-state index in [4.69, 9.17) is 11.6 Å². The van der Waals surface area contributed by atoms with Gasteiger partial charge in [-0.25, -0.2) is 8.42 Å². The standard InChI is InChI=1S/C13H15ClF3NO2S/c14-9-12(7-1-2-8-12)18-10-3-5-11(6-4-10)21(19,20)13(15,16)17/h3-6,18H,1-2,7-9H2. The second-order valence-electron chi connectivity index (χ2n) is 5.22. The number of alkyl halides is 4. The van der Waals surface area contributed by atoms with E-state index in [0.29, 0.717) is 11.6 Å². The van der Waals surface area contributed by atoms with Crippen molar-refractivity contribution in [2.75, 3.05) is 11.2 Å². The molecule has 1 fully saturated rings. The summed E-state index contributed by atoms with van der Waals surface area (Å²) < 4.78 is 59.8. The molecule has 0 aromatic heterocycles. The van der Waals surface area contributed by atoms with E-state index in [9.17, 15) is 21.6 Å². The smallest absolute Gasteiger partial charge is 0.378 e. The van der Waals surface area contributed by atoms with E-state index in [0.717, 1.165) is 37.8 Å². The van der Waals surface area contributed by atoms with Crippen molar-refractivity contribution in [2.45, 2.75) is 41.6 Å². The lowest BCUT2D eigenvalue weighted by Gasteiger charge is -2.29. The van der Waals surface area contributed by atoms with Crippen LogP contribution in [0.2, 0.25) is 0 Å². The van der Waals surface area contributed by atoms with Gasteiger partial charge >= 0.3 is 5.51 Å². The number of rotatable bonds is 4. The number of hydrogen-bond acceptors (Lipinski definition) is 3. The molecule has 3 nitrogen and oxygen atoms in total. The Hall–Kier alpha value is -0.950. The van der Waals surface area contributed by atoms with Crippen molar-refractivity contribution >= 4 is 27.1 Å². The number of nitrogens with one attached hydrogen (secondary N) is 1. The van der Waals surface area contributed by atoms with Gasteiger partial charge in [0.15, 0.2) is 0 Å². The molecule has 8 heteroatoms. The van der Waals surface area contributed by atoms with Gasteiger partial charge in [-0.15, -0.1) is 11.6 Å². The van der Waals surface area contributed by atoms with Crippen LogP contribution in [-0.4, -0.2) is 25.3 Å². The van der Waals surface area contributed by atoms with E-state index in [2.05, 4.69) is 5.32 Å². The van der Waals surface area contributed by atoms with Gasteiger partial charge < -0.3 is 5.32 Å². The Balaban J connectivity index is 2.20. The second kappa shape index (κ2) is 5.68. The third kappa shape index (κ3) is 3.29. The Labute approximate surface area is 126 Å². The first-order valence-corrected chi connectivity index (χ1v) is 8.48. The van der Waals surface area contributed by atoms with Crippen LogP contribution in [0, 0.1) is 0 Å². The molecule has 1 aliphatic rings. The van der Waals surface area contributed by atoms with Crippen LogP contribution in [0.1, 0.15) is 25.7 Å². The van der Waals surface area contributed by atoms with Crippen LogP contribution in [0.4, 0.5) is 18.9 Å². The molecule has 1 N–H and O–H groups in total. The summed E-state index contributed by atoms with van der Waals surface area (Å²) in [4.78, 5) is -0.758. The molecule has 21 heavy (non-hydrogen) atoms. The minimum Gasteiger partial charge on any atom is -0.378 e. The lowest BCUT2D eigenvalue weighted by atomic mass is 10.00. The molecule has 0 aliphatic heterocycles. The molecule has 118 valence electrons. The highest BCUT2D eigenvalue weighted by Gasteiger charge is 2.46. The minimum absolute atomic E-state index is 0.258. The summed E-state index contributed by atoms with van der Waals surface area (Å²) in [7, 11) is -5.30. The van der Waals surface area contributed by atoms with Crippen molar-refractivity contribution < 1.29 is 21.6 Å². The fourth-order valence-electron chi connectivity index (χ4n) is 2.50.